The first-order valence-corrected chi connectivity index (χ1v) is 11.1. The molecule has 3 aromatic rings. The van der Waals surface area contributed by atoms with Gasteiger partial charge in [0.15, 0.2) is 8.68 Å². The van der Waals surface area contributed by atoms with Gasteiger partial charge in [-0.2, -0.15) is 5.10 Å². The Morgan fingerprint density at radius 1 is 1.11 bits per heavy atom. The lowest BCUT2D eigenvalue weighted by molar-refractivity contribution is -0.118. The minimum atomic E-state index is -0.218. The Morgan fingerprint density at radius 3 is 2.50 bits per heavy atom. The van der Waals surface area contributed by atoms with Crippen molar-refractivity contribution in [1.29, 1.82) is 0 Å². The van der Waals surface area contributed by atoms with E-state index in [0.717, 1.165) is 20.0 Å². The largest absolute Gasteiger partial charge is 0.508 e. The second-order valence-electron chi connectivity index (χ2n) is 5.78. The molecule has 0 fully saturated rings. The van der Waals surface area contributed by atoms with Gasteiger partial charge in [-0.3, -0.25) is 4.79 Å². The quantitative estimate of drug-likeness (QED) is 0.318. The number of rotatable bonds is 8. The van der Waals surface area contributed by atoms with Crippen LogP contribution in [0.15, 0.2) is 62.3 Å². The van der Waals surface area contributed by atoms with Crippen LogP contribution in [0.25, 0.3) is 0 Å². The number of aromatic nitrogens is 2. The summed E-state index contributed by atoms with van der Waals surface area (Å²) in [7, 11) is 0. The second-order valence-corrected chi connectivity index (χ2v) is 9.20. The summed E-state index contributed by atoms with van der Waals surface area (Å²) in [5.41, 5.74) is 5.74. The zero-order valence-electron chi connectivity index (χ0n) is 15.0. The molecule has 2 aromatic carbocycles. The molecule has 9 heteroatoms. The SMILES string of the molecule is Cc1ccc(CSc2nnc(SCC(=O)N/N=C\c3ccc(O)cc3)s2)cc1. The number of nitrogens with zero attached hydrogens (tertiary/aromatic N) is 3. The maximum Gasteiger partial charge on any atom is 0.250 e. The normalized spacial score (nSPS) is 11.0. The summed E-state index contributed by atoms with van der Waals surface area (Å²) in [5.74, 6) is 1.02. The summed E-state index contributed by atoms with van der Waals surface area (Å²) in [6.07, 6.45) is 1.52. The minimum Gasteiger partial charge on any atom is -0.508 e. The summed E-state index contributed by atoms with van der Waals surface area (Å²) in [4.78, 5) is 11.9. The van der Waals surface area contributed by atoms with E-state index >= 15 is 0 Å². The Labute approximate surface area is 175 Å². The van der Waals surface area contributed by atoms with Gasteiger partial charge in [-0.05, 0) is 42.3 Å². The van der Waals surface area contributed by atoms with E-state index in [4.69, 9.17) is 0 Å². The van der Waals surface area contributed by atoms with E-state index in [-0.39, 0.29) is 17.4 Å². The average Bonchev–Trinajstić information content (AvgIpc) is 3.15. The highest BCUT2D eigenvalue weighted by molar-refractivity contribution is 8.03. The van der Waals surface area contributed by atoms with Gasteiger partial charge in [0.25, 0.3) is 5.91 Å². The van der Waals surface area contributed by atoms with Crippen LogP contribution in [0, 0.1) is 6.92 Å². The smallest absolute Gasteiger partial charge is 0.250 e. The van der Waals surface area contributed by atoms with Crippen molar-refractivity contribution < 1.29 is 9.90 Å². The van der Waals surface area contributed by atoms with Gasteiger partial charge in [0.1, 0.15) is 5.75 Å². The number of phenolic OH excluding ortho intramolecular Hbond substituents is 1. The van der Waals surface area contributed by atoms with Crippen molar-refractivity contribution >= 4 is 47.0 Å². The Morgan fingerprint density at radius 2 is 1.79 bits per heavy atom. The zero-order chi connectivity index (χ0) is 19.8. The molecule has 0 unspecified atom stereocenters. The molecule has 28 heavy (non-hydrogen) atoms. The molecule has 0 spiro atoms. The first-order chi connectivity index (χ1) is 13.6. The van der Waals surface area contributed by atoms with Crippen molar-refractivity contribution in [1.82, 2.24) is 15.6 Å². The van der Waals surface area contributed by atoms with Crippen LogP contribution in [0.5, 0.6) is 5.75 Å². The van der Waals surface area contributed by atoms with Gasteiger partial charge in [0.05, 0.1) is 12.0 Å². The number of aromatic hydroxyl groups is 1. The van der Waals surface area contributed by atoms with Gasteiger partial charge >= 0.3 is 0 Å². The molecule has 144 valence electrons. The molecule has 0 aliphatic carbocycles. The molecule has 3 rings (SSSR count). The number of amides is 1. The van der Waals surface area contributed by atoms with E-state index in [2.05, 4.69) is 51.9 Å². The zero-order valence-corrected chi connectivity index (χ0v) is 17.5. The van der Waals surface area contributed by atoms with E-state index < -0.39 is 0 Å². The van der Waals surface area contributed by atoms with Crippen LogP contribution in [0.3, 0.4) is 0 Å². The lowest BCUT2D eigenvalue weighted by atomic mass is 10.2. The van der Waals surface area contributed by atoms with Crippen molar-refractivity contribution in [2.75, 3.05) is 5.75 Å². The monoisotopic (exact) mass is 430 g/mol. The number of thioether (sulfide) groups is 2. The van der Waals surface area contributed by atoms with Crippen LogP contribution in [0.1, 0.15) is 16.7 Å². The Balaban J connectivity index is 1.40. The maximum absolute atomic E-state index is 11.9. The van der Waals surface area contributed by atoms with E-state index in [0.29, 0.717) is 0 Å². The molecule has 0 bridgehead atoms. The number of carbonyl (C=O) groups excluding carboxylic acids is 1. The molecular formula is C19H18N4O2S3. The molecule has 1 amide bonds. The first kappa shape index (κ1) is 20.4. The fourth-order valence-corrected chi connectivity index (χ4v) is 4.81. The standard InChI is InChI=1S/C19H18N4O2S3/c1-13-2-4-15(5-3-13)11-26-18-22-23-19(28-18)27-12-17(25)21-20-10-14-6-8-16(24)9-7-14/h2-10,24H,11-12H2,1H3,(H,21,25)/b20-10-. The van der Waals surface area contributed by atoms with Crippen LogP contribution in [-0.2, 0) is 10.5 Å². The molecule has 0 saturated carbocycles. The van der Waals surface area contributed by atoms with Crippen LogP contribution in [0.2, 0.25) is 0 Å². The number of hydrogen-bond donors (Lipinski definition) is 2. The summed E-state index contributed by atoms with van der Waals surface area (Å²) in [5, 5.41) is 21.4. The highest BCUT2D eigenvalue weighted by Crippen LogP contribution is 2.30. The average molecular weight is 431 g/mol. The number of benzene rings is 2. The van der Waals surface area contributed by atoms with Crippen molar-refractivity contribution in [2.24, 2.45) is 5.10 Å². The van der Waals surface area contributed by atoms with Gasteiger partial charge in [0.2, 0.25) is 0 Å². The maximum atomic E-state index is 11.9. The molecule has 0 saturated heterocycles. The molecular weight excluding hydrogens is 412 g/mol. The molecule has 0 aliphatic heterocycles. The number of hydrazone groups is 1. The number of aryl methyl sites for hydroxylation is 1. The molecule has 2 N–H and O–H groups in total. The first-order valence-electron chi connectivity index (χ1n) is 8.34. The lowest BCUT2D eigenvalue weighted by Gasteiger charge is -1.99. The molecule has 0 aliphatic rings. The molecule has 0 atom stereocenters. The van der Waals surface area contributed by atoms with Crippen molar-refractivity contribution in [3.8, 4) is 5.75 Å². The summed E-state index contributed by atoms with van der Waals surface area (Å²) < 4.78 is 1.64. The predicted molar refractivity (Wildman–Crippen MR) is 115 cm³/mol. The minimum absolute atomic E-state index is 0.186. The third kappa shape index (κ3) is 6.66. The predicted octanol–water partition coefficient (Wildman–Crippen LogP) is 4.09. The fraction of sp³-hybridized carbons (Fsp3) is 0.158. The van der Waals surface area contributed by atoms with Gasteiger partial charge in [-0.15, -0.1) is 10.2 Å². The van der Waals surface area contributed by atoms with Crippen molar-refractivity contribution in [2.45, 2.75) is 21.4 Å². The fourth-order valence-electron chi connectivity index (χ4n) is 2.04. The van der Waals surface area contributed by atoms with Gasteiger partial charge in [-0.25, -0.2) is 5.43 Å². The van der Waals surface area contributed by atoms with Crippen LogP contribution >= 0.6 is 34.9 Å². The van der Waals surface area contributed by atoms with E-state index in [9.17, 15) is 9.90 Å². The van der Waals surface area contributed by atoms with Gasteiger partial charge in [0, 0.05) is 5.75 Å². The van der Waals surface area contributed by atoms with Gasteiger partial charge in [-0.1, -0.05) is 64.7 Å². The second kappa shape index (κ2) is 10.3. The molecule has 1 aromatic heterocycles. The Kier molecular flexibility index (Phi) is 7.46. The van der Waals surface area contributed by atoms with Crippen LogP contribution < -0.4 is 5.43 Å². The Bertz CT molecular complexity index is 941. The van der Waals surface area contributed by atoms with E-state index in [1.54, 1.807) is 36.0 Å². The number of phenols is 1. The molecule has 0 radical (unpaired) electrons. The highest BCUT2D eigenvalue weighted by atomic mass is 32.2. The summed E-state index contributed by atoms with van der Waals surface area (Å²) in [6.45, 7) is 2.07. The van der Waals surface area contributed by atoms with Gasteiger partial charge < -0.3 is 5.11 Å². The van der Waals surface area contributed by atoms with Crippen molar-refractivity contribution in [3.05, 3.63) is 65.2 Å². The third-order valence-corrected chi connectivity index (χ3v) is 6.75. The highest BCUT2D eigenvalue weighted by Gasteiger charge is 2.08. The molecule has 6 nitrogen and oxygen atoms in total. The summed E-state index contributed by atoms with van der Waals surface area (Å²) >= 11 is 4.45. The summed E-state index contributed by atoms with van der Waals surface area (Å²) in [6, 6.07) is 14.9. The number of carbonyl (C=O) groups is 1. The topological polar surface area (TPSA) is 87.5 Å². The van der Waals surface area contributed by atoms with E-state index in [1.807, 2.05) is 0 Å². The van der Waals surface area contributed by atoms with Crippen molar-refractivity contribution in [3.63, 3.8) is 0 Å². The van der Waals surface area contributed by atoms with Crippen LogP contribution in [-0.4, -0.2) is 33.2 Å². The van der Waals surface area contributed by atoms with E-state index in [1.165, 1.54) is 40.4 Å². The lowest BCUT2D eigenvalue weighted by Crippen LogP contribution is -2.19. The molecule has 1 heterocycles. The Hall–Kier alpha value is -2.36. The number of hydrogen-bond acceptors (Lipinski definition) is 8. The number of nitrogens with one attached hydrogen (secondary N) is 1. The van der Waals surface area contributed by atoms with Crippen LogP contribution in [0.4, 0.5) is 0 Å². The third-order valence-electron chi connectivity index (χ3n) is 3.49.